The fourth-order valence-corrected chi connectivity index (χ4v) is 2.76. The topological polar surface area (TPSA) is 25.2 Å². The first kappa shape index (κ1) is 14.4. The number of benzene rings is 1. The number of hydrogen-bond donors (Lipinski definition) is 1. The third kappa shape index (κ3) is 3.56. The Kier molecular flexibility index (Phi) is 4.16. The van der Waals surface area contributed by atoms with E-state index in [2.05, 4.69) is 62.5 Å². The van der Waals surface area contributed by atoms with Gasteiger partial charge in [0, 0.05) is 12.5 Å². The van der Waals surface area contributed by atoms with E-state index >= 15 is 0 Å². The Labute approximate surface area is 127 Å². The molecule has 0 saturated heterocycles. The average Bonchev–Trinajstić information content (AvgIpc) is 3.01. The van der Waals surface area contributed by atoms with Crippen molar-refractivity contribution in [2.24, 2.45) is 5.92 Å². The van der Waals surface area contributed by atoms with Gasteiger partial charge in [-0.3, -0.25) is 0 Å². The zero-order valence-electron chi connectivity index (χ0n) is 13.2. The van der Waals surface area contributed by atoms with E-state index in [4.69, 9.17) is 4.42 Å². The molecule has 1 N–H and O–H groups in total. The van der Waals surface area contributed by atoms with Gasteiger partial charge in [0.25, 0.3) is 0 Å². The Morgan fingerprint density at radius 1 is 1.10 bits per heavy atom. The van der Waals surface area contributed by atoms with Gasteiger partial charge >= 0.3 is 0 Å². The molecule has 3 rings (SSSR count). The van der Waals surface area contributed by atoms with E-state index in [0.717, 1.165) is 24.8 Å². The summed E-state index contributed by atoms with van der Waals surface area (Å²) < 4.78 is 5.90. The lowest BCUT2D eigenvalue weighted by Crippen LogP contribution is -2.12. The van der Waals surface area contributed by atoms with Gasteiger partial charge in [-0.25, -0.2) is 0 Å². The number of hydrogen-bond acceptors (Lipinski definition) is 2. The molecule has 1 aliphatic carbocycles. The molecule has 0 amide bonds. The second kappa shape index (κ2) is 6.07. The van der Waals surface area contributed by atoms with E-state index in [0.29, 0.717) is 11.8 Å². The van der Waals surface area contributed by atoms with Crippen LogP contribution in [-0.2, 0) is 13.1 Å². The first-order valence-electron chi connectivity index (χ1n) is 8.01. The Bertz CT molecular complexity index is 582. The first-order chi connectivity index (χ1) is 10.1. The normalized spacial score (nSPS) is 21.0. The Hall–Kier alpha value is -1.54. The maximum atomic E-state index is 5.90. The van der Waals surface area contributed by atoms with Crippen LogP contribution in [0.3, 0.4) is 0 Å². The maximum Gasteiger partial charge on any atom is 0.117 e. The molecule has 1 aliphatic rings. The van der Waals surface area contributed by atoms with Crippen LogP contribution >= 0.6 is 0 Å². The largest absolute Gasteiger partial charge is 0.464 e. The Morgan fingerprint density at radius 3 is 2.43 bits per heavy atom. The molecule has 1 aromatic carbocycles. The molecule has 1 saturated carbocycles. The van der Waals surface area contributed by atoms with Crippen LogP contribution in [0.25, 0.3) is 0 Å². The van der Waals surface area contributed by atoms with Gasteiger partial charge in [-0.15, -0.1) is 0 Å². The second-order valence-electron chi connectivity index (χ2n) is 6.62. The van der Waals surface area contributed by atoms with Crippen molar-refractivity contribution in [3.05, 3.63) is 59.0 Å². The van der Waals surface area contributed by atoms with Crippen LogP contribution in [0.1, 0.15) is 61.7 Å². The van der Waals surface area contributed by atoms with Crippen molar-refractivity contribution in [3.8, 4) is 0 Å². The smallest absolute Gasteiger partial charge is 0.117 e. The van der Waals surface area contributed by atoms with Crippen molar-refractivity contribution in [2.75, 3.05) is 0 Å². The Morgan fingerprint density at radius 2 is 1.81 bits per heavy atom. The van der Waals surface area contributed by atoms with Crippen molar-refractivity contribution in [2.45, 2.75) is 52.1 Å². The number of furan rings is 1. The average molecular weight is 283 g/mol. The summed E-state index contributed by atoms with van der Waals surface area (Å²) in [7, 11) is 0. The predicted molar refractivity (Wildman–Crippen MR) is 86.3 cm³/mol. The molecule has 0 unspecified atom stereocenters. The quantitative estimate of drug-likeness (QED) is 0.822. The summed E-state index contributed by atoms with van der Waals surface area (Å²) in [6.07, 6.45) is 1.28. The van der Waals surface area contributed by atoms with Crippen molar-refractivity contribution >= 4 is 0 Å². The van der Waals surface area contributed by atoms with Crippen molar-refractivity contribution < 1.29 is 4.42 Å². The van der Waals surface area contributed by atoms with E-state index in [1.54, 1.807) is 0 Å². The van der Waals surface area contributed by atoms with Gasteiger partial charge in [-0.2, -0.15) is 0 Å². The van der Waals surface area contributed by atoms with Crippen LogP contribution in [0.2, 0.25) is 0 Å². The monoisotopic (exact) mass is 283 g/mol. The van der Waals surface area contributed by atoms with Crippen molar-refractivity contribution in [1.82, 2.24) is 5.32 Å². The maximum absolute atomic E-state index is 5.90. The summed E-state index contributed by atoms with van der Waals surface area (Å²) in [5, 5.41) is 3.46. The van der Waals surface area contributed by atoms with E-state index < -0.39 is 0 Å². The molecule has 1 aromatic heterocycles. The molecule has 0 radical (unpaired) electrons. The van der Waals surface area contributed by atoms with Crippen LogP contribution in [0.5, 0.6) is 0 Å². The lowest BCUT2D eigenvalue weighted by Gasteiger charge is -2.07. The minimum absolute atomic E-state index is 0.596. The second-order valence-corrected chi connectivity index (χ2v) is 6.62. The van der Waals surface area contributed by atoms with Crippen LogP contribution in [0, 0.1) is 5.92 Å². The highest BCUT2D eigenvalue weighted by Crippen LogP contribution is 2.47. The number of rotatable bonds is 6. The van der Waals surface area contributed by atoms with E-state index in [1.807, 2.05) is 0 Å². The SMILES string of the molecule is CC(C)c1ccc(CNCc2ccc([C@@H]3C[C@H]3C)o2)cc1. The fourth-order valence-electron chi connectivity index (χ4n) is 2.76. The van der Waals surface area contributed by atoms with E-state index in [-0.39, 0.29) is 0 Å². The summed E-state index contributed by atoms with van der Waals surface area (Å²) in [5.74, 6) is 4.28. The lowest BCUT2D eigenvalue weighted by atomic mass is 10.0. The molecule has 0 aliphatic heterocycles. The van der Waals surface area contributed by atoms with Crippen molar-refractivity contribution in [3.63, 3.8) is 0 Å². The molecule has 21 heavy (non-hydrogen) atoms. The Balaban J connectivity index is 1.48. The molecule has 2 nitrogen and oxygen atoms in total. The van der Waals surface area contributed by atoms with Crippen LogP contribution in [0.4, 0.5) is 0 Å². The third-order valence-electron chi connectivity index (χ3n) is 4.43. The molecule has 0 spiro atoms. The minimum atomic E-state index is 0.596. The van der Waals surface area contributed by atoms with Crippen LogP contribution in [-0.4, -0.2) is 0 Å². The summed E-state index contributed by atoms with van der Waals surface area (Å²) in [4.78, 5) is 0. The van der Waals surface area contributed by atoms with Crippen LogP contribution < -0.4 is 5.32 Å². The van der Waals surface area contributed by atoms with Gasteiger partial charge < -0.3 is 9.73 Å². The fraction of sp³-hybridized carbons (Fsp3) is 0.474. The molecule has 2 aromatic rings. The predicted octanol–water partition coefficient (Wildman–Crippen LogP) is 4.82. The lowest BCUT2D eigenvalue weighted by molar-refractivity contribution is 0.444. The molecule has 0 bridgehead atoms. The summed E-state index contributed by atoms with van der Waals surface area (Å²) in [6, 6.07) is 13.1. The van der Waals surface area contributed by atoms with Crippen LogP contribution in [0.15, 0.2) is 40.8 Å². The van der Waals surface area contributed by atoms with E-state index in [9.17, 15) is 0 Å². The standard InChI is InChI=1S/C19H25NO/c1-13(2)16-6-4-15(5-7-16)11-20-12-17-8-9-19(21-17)18-10-14(18)3/h4-9,13-14,18,20H,10-12H2,1-3H3/t14-,18-/m1/s1. The van der Waals surface area contributed by atoms with Gasteiger partial charge in [-0.05, 0) is 41.5 Å². The van der Waals surface area contributed by atoms with Crippen molar-refractivity contribution in [1.29, 1.82) is 0 Å². The molecule has 2 heteroatoms. The van der Waals surface area contributed by atoms with Gasteiger partial charge in [0.05, 0.1) is 6.54 Å². The zero-order chi connectivity index (χ0) is 14.8. The summed E-state index contributed by atoms with van der Waals surface area (Å²) in [5.41, 5.74) is 2.72. The van der Waals surface area contributed by atoms with Gasteiger partial charge in [0.2, 0.25) is 0 Å². The highest BCUT2D eigenvalue weighted by atomic mass is 16.3. The first-order valence-corrected chi connectivity index (χ1v) is 8.01. The zero-order valence-corrected chi connectivity index (χ0v) is 13.2. The van der Waals surface area contributed by atoms with E-state index in [1.165, 1.54) is 23.3 Å². The molecule has 1 fully saturated rings. The molecule has 2 atom stereocenters. The molecular weight excluding hydrogens is 258 g/mol. The number of nitrogens with one attached hydrogen (secondary N) is 1. The molecular formula is C19H25NO. The minimum Gasteiger partial charge on any atom is -0.464 e. The summed E-state index contributed by atoms with van der Waals surface area (Å²) >= 11 is 0. The molecule has 1 heterocycles. The highest BCUT2D eigenvalue weighted by molar-refractivity contribution is 5.24. The third-order valence-corrected chi connectivity index (χ3v) is 4.43. The molecule has 112 valence electrons. The summed E-state index contributed by atoms with van der Waals surface area (Å²) in [6.45, 7) is 8.41. The van der Waals surface area contributed by atoms with Gasteiger partial charge in [0.15, 0.2) is 0 Å². The van der Waals surface area contributed by atoms with Gasteiger partial charge in [0.1, 0.15) is 11.5 Å². The highest BCUT2D eigenvalue weighted by Gasteiger charge is 2.36. The van der Waals surface area contributed by atoms with Gasteiger partial charge in [-0.1, -0.05) is 45.0 Å².